The molecule has 0 unspecified atom stereocenters. The molecule has 1 aromatic carbocycles. The molecule has 0 spiro atoms. The van der Waals surface area contributed by atoms with E-state index in [2.05, 4.69) is 4.98 Å². The van der Waals surface area contributed by atoms with Gasteiger partial charge in [-0.2, -0.15) is 0 Å². The number of carboxylic acid groups (broad SMARTS) is 1. The summed E-state index contributed by atoms with van der Waals surface area (Å²) in [4.78, 5) is 15.2. The molecule has 2 aromatic rings. The van der Waals surface area contributed by atoms with Crippen LogP contribution in [0.4, 0.5) is 0 Å². The molecule has 0 atom stereocenters. The molecule has 1 fully saturated rings. The van der Waals surface area contributed by atoms with Gasteiger partial charge in [0.15, 0.2) is 0 Å². The maximum atomic E-state index is 10.6. The summed E-state index contributed by atoms with van der Waals surface area (Å²) in [6.45, 7) is 0. The maximum Gasteiger partial charge on any atom is 0.307 e. The van der Waals surface area contributed by atoms with Gasteiger partial charge in [-0.15, -0.1) is 11.3 Å². The Labute approximate surface area is 96.7 Å². The fourth-order valence-electron chi connectivity index (χ4n) is 1.78. The molecule has 1 aliphatic carbocycles. The average Bonchev–Trinajstić information content (AvgIpc) is 2.98. The molecule has 1 saturated carbocycles. The minimum atomic E-state index is -0.786. The van der Waals surface area contributed by atoms with Crippen LogP contribution in [0.3, 0.4) is 0 Å². The quantitative estimate of drug-likeness (QED) is 0.886. The number of aliphatic carboxylic acids is 1. The van der Waals surface area contributed by atoms with Crippen LogP contribution in [0.1, 0.15) is 29.3 Å². The van der Waals surface area contributed by atoms with E-state index in [0.29, 0.717) is 5.92 Å². The van der Waals surface area contributed by atoms with Gasteiger partial charge in [0, 0.05) is 5.92 Å². The van der Waals surface area contributed by atoms with Gasteiger partial charge in [0.05, 0.1) is 21.6 Å². The molecule has 0 saturated heterocycles. The van der Waals surface area contributed by atoms with E-state index in [9.17, 15) is 4.79 Å². The van der Waals surface area contributed by atoms with Crippen molar-refractivity contribution in [3.63, 3.8) is 0 Å². The van der Waals surface area contributed by atoms with Crippen molar-refractivity contribution in [2.75, 3.05) is 0 Å². The van der Waals surface area contributed by atoms with Crippen molar-refractivity contribution < 1.29 is 9.90 Å². The highest BCUT2D eigenvalue weighted by atomic mass is 32.1. The number of aromatic nitrogens is 1. The van der Waals surface area contributed by atoms with E-state index in [1.807, 2.05) is 18.2 Å². The highest BCUT2D eigenvalue weighted by Crippen LogP contribution is 2.43. The van der Waals surface area contributed by atoms with Crippen LogP contribution in [-0.2, 0) is 11.2 Å². The lowest BCUT2D eigenvalue weighted by molar-refractivity contribution is -0.136. The first kappa shape index (κ1) is 9.78. The summed E-state index contributed by atoms with van der Waals surface area (Å²) in [5, 5.41) is 9.94. The molecule has 82 valence electrons. The Kier molecular flexibility index (Phi) is 2.17. The summed E-state index contributed by atoms with van der Waals surface area (Å²) in [5.74, 6) is -0.119. The standard InChI is InChI=1S/C12H11NO2S/c14-11(15)6-7-1-4-9-10(5-7)16-12(13-9)8-2-3-8/h1,4-5,8H,2-3,6H2,(H,14,15). The van der Waals surface area contributed by atoms with E-state index < -0.39 is 5.97 Å². The Balaban J connectivity index is 1.99. The third-order valence-electron chi connectivity index (χ3n) is 2.75. The Hall–Kier alpha value is -1.42. The second-order valence-electron chi connectivity index (χ2n) is 4.20. The van der Waals surface area contributed by atoms with Crippen LogP contribution in [0.5, 0.6) is 0 Å². The highest BCUT2D eigenvalue weighted by Gasteiger charge is 2.26. The van der Waals surface area contributed by atoms with Crippen molar-refractivity contribution >= 4 is 27.5 Å². The molecule has 0 radical (unpaired) electrons. The second kappa shape index (κ2) is 3.56. The fourth-order valence-corrected chi connectivity index (χ4v) is 2.98. The molecule has 3 nitrogen and oxygen atoms in total. The first-order valence-electron chi connectivity index (χ1n) is 5.33. The van der Waals surface area contributed by atoms with Crippen LogP contribution < -0.4 is 0 Å². The monoisotopic (exact) mass is 233 g/mol. The summed E-state index contributed by atoms with van der Waals surface area (Å²) < 4.78 is 1.11. The highest BCUT2D eigenvalue weighted by molar-refractivity contribution is 7.18. The zero-order chi connectivity index (χ0) is 11.1. The molecule has 4 heteroatoms. The van der Waals surface area contributed by atoms with Crippen molar-refractivity contribution in [2.45, 2.75) is 25.2 Å². The number of hydrogen-bond acceptors (Lipinski definition) is 3. The second-order valence-corrected chi connectivity index (χ2v) is 5.26. The van der Waals surface area contributed by atoms with E-state index in [1.165, 1.54) is 17.8 Å². The zero-order valence-electron chi connectivity index (χ0n) is 8.64. The molecule has 1 heterocycles. The number of benzene rings is 1. The van der Waals surface area contributed by atoms with Gasteiger partial charge in [0.1, 0.15) is 0 Å². The van der Waals surface area contributed by atoms with Gasteiger partial charge >= 0.3 is 5.97 Å². The summed E-state index contributed by atoms with van der Waals surface area (Å²) >= 11 is 1.71. The number of nitrogens with zero attached hydrogens (tertiary/aromatic N) is 1. The van der Waals surface area contributed by atoms with Gasteiger partial charge in [-0.25, -0.2) is 4.98 Å². The fraction of sp³-hybridized carbons (Fsp3) is 0.333. The van der Waals surface area contributed by atoms with Crippen LogP contribution in [-0.4, -0.2) is 16.1 Å². The Morgan fingerprint density at radius 1 is 1.50 bits per heavy atom. The van der Waals surface area contributed by atoms with Crippen molar-refractivity contribution in [1.82, 2.24) is 4.98 Å². The van der Waals surface area contributed by atoms with Crippen molar-refractivity contribution in [3.8, 4) is 0 Å². The van der Waals surface area contributed by atoms with Gasteiger partial charge in [-0.1, -0.05) is 6.07 Å². The summed E-state index contributed by atoms with van der Waals surface area (Å²) in [6.07, 6.45) is 2.59. The Morgan fingerprint density at radius 3 is 3.00 bits per heavy atom. The zero-order valence-corrected chi connectivity index (χ0v) is 9.46. The van der Waals surface area contributed by atoms with Gasteiger partial charge in [-0.05, 0) is 30.5 Å². The van der Waals surface area contributed by atoms with E-state index in [0.717, 1.165) is 15.8 Å². The SMILES string of the molecule is O=C(O)Cc1ccc2nc(C3CC3)sc2c1. The average molecular weight is 233 g/mol. The lowest BCUT2D eigenvalue weighted by Crippen LogP contribution is -1.99. The van der Waals surface area contributed by atoms with Gasteiger partial charge < -0.3 is 5.11 Å². The molecule has 16 heavy (non-hydrogen) atoms. The molecule has 1 aliphatic rings. The third kappa shape index (κ3) is 1.80. The lowest BCUT2D eigenvalue weighted by Gasteiger charge is -1.95. The van der Waals surface area contributed by atoms with Crippen LogP contribution >= 0.6 is 11.3 Å². The largest absolute Gasteiger partial charge is 0.481 e. The Bertz CT molecular complexity index is 557. The number of fused-ring (bicyclic) bond motifs is 1. The third-order valence-corrected chi connectivity index (χ3v) is 3.93. The number of carboxylic acids is 1. The molecule has 1 N–H and O–H groups in total. The lowest BCUT2D eigenvalue weighted by atomic mass is 10.1. The first-order valence-corrected chi connectivity index (χ1v) is 6.15. The molecule has 0 aliphatic heterocycles. The number of hydrogen-bond donors (Lipinski definition) is 1. The van der Waals surface area contributed by atoms with Crippen LogP contribution in [0, 0.1) is 0 Å². The van der Waals surface area contributed by atoms with E-state index in [1.54, 1.807) is 11.3 Å². The van der Waals surface area contributed by atoms with E-state index >= 15 is 0 Å². The first-order chi connectivity index (χ1) is 7.72. The normalized spacial score (nSPS) is 15.5. The van der Waals surface area contributed by atoms with Crippen molar-refractivity contribution in [2.24, 2.45) is 0 Å². The van der Waals surface area contributed by atoms with Gasteiger partial charge in [0.2, 0.25) is 0 Å². The topological polar surface area (TPSA) is 50.2 Å². The number of thiazole rings is 1. The number of rotatable bonds is 3. The summed E-state index contributed by atoms with van der Waals surface area (Å²) in [7, 11) is 0. The van der Waals surface area contributed by atoms with Crippen LogP contribution in [0.15, 0.2) is 18.2 Å². The molecular weight excluding hydrogens is 222 g/mol. The summed E-state index contributed by atoms with van der Waals surface area (Å²) in [6, 6.07) is 5.73. The predicted octanol–water partition coefficient (Wildman–Crippen LogP) is 2.80. The molecule has 0 bridgehead atoms. The van der Waals surface area contributed by atoms with Gasteiger partial charge in [-0.3, -0.25) is 4.79 Å². The maximum absolute atomic E-state index is 10.6. The molecule has 0 amide bonds. The Morgan fingerprint density at radius 2 is 2.31 bits per heavy atom. The number of carbonyl (C=O) groups is 1. The van der Waals surface area contributed by atoms with Crippen molar-refractivity contribution in [1.29, 1.82) is 0 Å². The van der Waals surface area contributed by atoms with E-state index in [-0.39, 0.29) is 6.42 Å². The van der Waals surface area contributed by atoms with Crippen LogP contribution in [0.2, 0.25) is 0 Å². The minimum absolute atomic E-state index is 0.0899. The van der Waals surface area contributed by atoms with Gasteiger partial charge in [0.25, 0.3) is 0 Å². The summed E-state index contributed by atoms with van der Waals surface area (Å²) in [5.41, 5.74) is 1.85. The predicted molar refractivity (Wildman–Crippen MR) is 62.9 cm³/mol. The molecular formula is C12H11NO2S. The van der Waals surface area contributed by atoms with Crippen LogP contribution in [0.25, 0.3) is 10.2 Å². The smallest absolute Gasteiger partial charge is 0.307 e. The minimum Gasteiger partial charge on any atom is -0.481 e. The molecule has 1 aromatic heterocycles. The van der Waals surface area contributed by atoms with Crippen molar-refractivity contribution in [3.05, 3.63) is 28.8 Å². The molecule has 3 rings (SSSR count). The van der Waals surface area contributed by atoms with E-state index in [4.69, 9.17) is 5.11 Å².